The van der Waals surface area contributed by atoms with Gasteiger partial charge in [-0.3, -0.25) is 9.59 Å². The number of hydrogen-bond donors (Lipinski definition) is 1. The Kier molecular flexibility index (Phi) is 5.60. The van der Waals surface area contributed by atoms with Gasteiger partial charge in [-0.15, -0.1) is 0 Å². The number of rotatable bonds is 6. The molecule has 1 aliphatic rings. The molecule has 2 rings (SSSR count). The standard InChI is InChI=1S/C12H15N4O3S/c17-7-10(11-14-12(13-8-18)20-16-11)15-19-9-5-3-1-2-4-6-9/h8-9H,1-6H2,(H,13,14,16,18)/b15-10+. The first-order valence-corrected chi connectivity index (χ1v) is 7.27. The molecule has 1 heterocycles. The van der Waals surface area contributed by atoms with Crippen LogP contribution in [0.25, 0.3) is 0 Å². The smallest absolute Gasteiger partial charge is 0.261 e. The fourth-order valence-electron chi connectivity index (χ4n) is 2.01. The number of nitrogens with zero attached hydrogens (tertiary/aromatic N) is 3. The minimum absolute atomic E-state index is 0.0343. The molecule has 0 unspecified atom stereocenters. The highest BCUT2D eigenvalue weighted by Crippen LogP contribution is 2.20. The highest BCUT2D eigenvalue weighted by atomic mass is 32.1. The van der Waals surface area contributed by atoms with Crippen molar-refractivity contribution in [1.29, 1.82) is 0 Å². The molecule has 0 atom stereocenters. The summed E-state index contributed by atoms with van der Waals surface area (Å²) in [7, 11) is 0. The van der Waals surface area contributed by atoms with Gasteiger partial charge in [0.05, 0.1) is 0 Å². The van der Waals surface area contributed by atoms with Crippen LogP contribution in [-0.2, 0) is 14.4 Å². The minimum atomic E-state index is -0.0792. The van der Waals surface area contributed by atoms with E-state index in [0.717, 1.165) is 37.2 Å². The number of amides is 1. The van der Waals surface area contributed by atoms with Crippen molar-refractivity contribution in [3.8, 4) is 0 Å². The predicted molar refractivity (Wildman–Crippen MR) is 74.4 cm³/mol. The lowest BCUT2D eigenvalue weighted by Gasteiger charge is -2.11. The first-order valence-electron chi connectivity index (χ1n) is 6.49. The van der Waals surface area contributed by atoms with Crippen molar-refractivity contribution in [2.45, 2.75) is 44.6 Å². The molecule has 8 heteroatoms. The SMILES string of the molecule is O=[C]/C(=N\OC1CCCCCC1)c1nsc(NC=O)n1. The Morgan fingerprint density at radius 1 is 1.40 bits per heavy atom. The second kappa shape index (κ2) is 7.68. The normalized spacial score (nSPS) is 17.3. The molecule has 1 amide bonds. The zero-order chi connectivity index (χ0) is 14.2. The van der Waals surface area contributed by atoms with E-state index in [2.05, 4.69) is 19.8 Å². The monoisotopic (exact) mass is 295 g/mol. The van der Waals surface area contributed by atoms with Crippen molar-refractivity contribution in [3.63, 3.8) is 0 Å². The summed E-state index contributed by atoms with van der Waals surface area (Å²) in [6.45, 7) is 0. The molecule has 1 radical (unpaired) electrons. The Hall–Kier alpha value is -1.83. The molecular weight excluding hydrogens is 280 g/mol. The fraction of sp³-hybridized carbons (Fsp3) is 0.583. The summed E-state index contributed by atoms with van der Waals surface area (Å²) in [6.07, 6.45) is 8.74. The second-order valence-electron chi connectivity index (χ2n) is 4.45. The van der Waals surface area contributed by atoms with Gasteiger partial charge in [0.1, 0.15) is 6.10 Å². The molecular formula is C12H15N4O3S. The van der Waals surface area contributed by atoms with Gasteiger partial charge in [0.2, 0.25) is 17.4 Å². The number of hydrogen-bond acceptors (Lipinski definition) is 7. The van der Waals surface area contributed by atoms with Gasteiger partial charge in [-0.25, -0.2) is 0 Å². The molecule has 1 N–H and O–H groups in total. The van der Waals surface area contributed by atoms with Crippen LogP contribution in [0.4, 0.5) is 5.13 Å². The molecule has 1 saturated carbocycles. The van der Waals surface area contributed by atoms with E-state index in [0.29, 0.717) is 11.5 Å². The Labute approximate surface area is 120 Å². The van der Waals surface area contributed by atoms with Crippen LogP contribution in [0.15, 0.2) is 5.16 Å². The molecule has 107 valence electrons. The zero-order valence-corrected chi connectivity index (χ0v) is 11.7. The van der Waals surface area contributed by atoms with Crippen LogP contribution >= 0.6 is 11.5 Å². The number of nitrogens with one attached hydrogen (secondary N) is 1. The predicted octanol–water partition coefficient (Wildman–Crippen LogP) is 1.66. The highest BCUT2D eigenvalue weighted by Gasteiger charge is 2.16. The van der Waals surface area contributed by atoms with Crippen molar-refractivity contribution >= 4 is 35.1 Å². The summed E-state index contributed by atoms with van der Waals surface area (Å²) in [6, 6.07) is 0. The Morgan fingerprint density at radius 2 is 2.15 bits per heavy atom. The van der Waals surface area contributed by atoms with Crippen LogP contribution in [0.2, 0.25) is 0 Å². The van der Waals surface area contributed by atoms with Crippen molar-refractivity contribution < 1.29 is 14.4 Å². The summed E-state index contributed by atoms with van der Waals surface area (Å²) in [5.74, 6) is 0.114. The molecule has 0 aliphatic heterocycles. The maximum Gasteiger partial charge on any atom is 0.261 e. The molecule has 20 heavy (non-hydrogen) atoms. The van der Waals surface area contributed by atoms with Crippen molar-refractivity contribution in [2.75, 3.05) is 5.32 Å². The van der Waals surface area contributed by atoms with Crippen molar-refractivity contribution in [3.05, 3.63) is 5.82 Å². The third-order valence-corrected chi connectivity index (χ3v) is 3.66. The molecule has 1 fully saturated rings. The maximum absolute atomic E-state index is 10.9. The maximum atomic E-state index is 10.9. The largest absolute Gasteiger partial charge is 0.392 e. The average Bonchev–Trinajstić information content (AvgIpc) is 2.75. The lowest BCUT2D eigenvalue weighted by Crippen LogP contribution is -2.12. The van der Waals surface area contributed by atoms with E-state index in [1.807, 2.05) is 0 Å². The van der Waals surface area contributed by atoms with Crippen LogP contribution in [0, 0.1) is 0 Å². The lowest BCUT2D eigenvalue weighted by molar-refractivity contribution is -0.105. The summed E-state index contributed by atoms with van der Waals surface area (Å²) in [5, 5.41) is 6.47. The first kappa shape index (κ1) is 14.6. The van der Waals surface area contributed by atoms with E-state index in [4.69, 9.17) is 4.84 Å². The topological polar surface area (TPSA) is 93.5 Å². The van der Waals surface area contributed by atoms with Crippen molar-refractivity contribution in [1.82, 2.24) is 9.36 Å². The van der Waals surface area contributed by atoms with E-state index < -0.39 is 0 Å². The third kappa shape index (κ3) is 4.09. The Balaban J connectivity index is 2.00. The molecule has 7 nitrogen and oxygen atoms in total. The molecule has 1 aromatic heterocycles. The van der Waals surface area contributed by atoms with E-state index in [-0.39, 0.29) is 17.6 Å². The Morgan fingerprint density at radius 3 is 2.80 bits per heavy atom. The van der Waals surface area contributed by atoms with Gasteiger partial charge in [-0.1, -0.05) is 18.0 Å². The van der Waals surface area contributed by atoms with Crippen LogP contribution in [-0.4, -0.2) is 33.9 Å². The molecule has 1 aliphatic carbocycles. The van der Waals surface area contributed by atoms with Crippen LogP contribution in [0.1, 0.15) is 44.3 Å². The summed E-state index contributed by atoms with van der Waals surface area (Å²) in [4.78, 5) is 30.5. The number of oxime groups is 1. The van der Waals surface area contributed by atoms with Gasteiger partial charge in [0, 0.05) is 11.5 Å². The third-order valence-electron chi connectivity index (χ3n) is 3.01. The fourth-order valence-corrected chi connectivity index (χ4v) is 2.54. The van der Waals surface area contributed by atoms with E-state index in [1.54, 1.807) is 6.29 Å². The van der Waals surface area contributed by atoms with Crippen LogP contribution in [0.3, 0.4) is 0 Å². The molecule has 0 aromatic carbocycles. The highest BCUT2D eigenvalue weighted by molar-refractivity contribution is 7.10. The van der Waals surface area contributed by atoms with E-state index in [9.17, 15) is 9.59 Å². The first-order chi connectivity index (χ1) is 9.83. The number of aromatic nitrogens is 2. The van der Waals surface area contributed by atoms with Crippen LogP contribution in [0.5, 0.6) is 0 Å². The van der Waals surface area contributed by atoms with Gasteiger partial charge >= 0.3 is 0 Å². The lowest BCUT2D eigenvalue weighted by atomic mass is 10.2. The number of carbonyl (C=O) groups is 1. The van der Waals surface area contributed by atoms with Crippen molar-refractivity contribution in [2.24, 2.45) is 5.16 Å². The minimum Gasteiger partial charge on any atom is -0.392 e. The summed E-state index contributed by atoms with van der Waals surface area (Å²) in [5.41, 5.74) is -0.0792. The number of carbonyl (C=O) groups excluding carboxylic acids is 2. The van der Waals surface area contributed by atoms with Gasteiger partial charge in [0.25, 0.3) is 6.29 Å². The van der Waals surface area contributed by atoms with E-state index in [1.165, 1.54) is 12.8 Å². The van der Waals surface area contributed by atoms with Gasteiger partial charge in [-0.2, -0.15) is 9.36 Å². The zero-order valence-electron chi connectivity index (χ0n) is 10.9. The Bertz CT molecular complexity index is 481. The van der Waals surface area contributed by atoms with Gasteiger partial charge < -0.3 is 10.2 Å². The number of anilines is 1. The molecule has 0 bridgehead atoms. The van der Waals surface area contributed by atoms with E-state index >= 15 is 0 Å². The summed E-state index contributed by atoms with van der Waals surface area (Å²) >= 11 is 0.964. The average molecular weight is 295 g/mol. The second-order valence-corrected chi connectivity index (χ2v) is 5.20. The summed E-state index contributed by atoms with van der Waals surface area (Å²) < 4.78 is 3.92. The quantitative estimate of drug-likeness (QED) is 0.373. The molecule has 1 aromatic rings. The van der Waals surface area contributed by atoms with Gasteiger partial charge in [0.15, 0.2) is 5.71 Å². The molecule has 0 spiro atoms. The molecule has 0 saturated heterocycles. The van der Waals surface area contributed by atoms with Gasteiger partial charge in [-0.05, 0) is 25.7 Å². The van der Waals surface area contributed by atoms with Crippen LogP contribution < -0.4 is 5.32 Å².